The summed E-state index contributed by atoms with van der Waals surface area (Å²) < 4.78 is 4.89. The summed E-state index contributed by atoms with van der Waals surface area (Å²) in [6.07, 6.45) is 5.42. The Labute approximate surface area is 55.2 Å². The fraction of sp³-hybridized carbons (Fsp3) is 0.333. The van der Waals surface area contributed by atoms with E-state index < -0.39 is 0 Å². The third-order valence-electron chi connectivity index (χ3n) is 0.827. The first-order valence-corrected chi connectivity index (χ1v) is 2.77. The highest BCUT2D eigenvalue weighted by atomic mass is 16.5. The lowest BCUT2D eigenvalue weighted by atomic mass is 10.4. The van der Waals surface area contributed by atoms with Crippen LogP contribution in [0, 0.1) is 0 Å². The molecular formula is C6H13N2O+. The molecule has 4 N–H and O–H groups in total. The second-order valence-electron chi connectivity index (χ2n) is 1.47. The molecule has 0 radical (unpaired) electrons. The van der Waals surface area contributed by atoms with E-state index in [1.165, 1.54) is 5.43 Å². The van der Waals surface area contributed by atoms with Crippen molar-refractivity contribution in [2.45, 2.75) is 6.92 Å². The highest BCUT2D eigenvalue weighted by Crippen LogP contribution is 1.91. The number of ether oxygens (including phenoxy) is 1. The van der Waals surface area contributed by atoms with Crippen LogP contribution in [0.3, 0.4) is 0 Å². The second kappa shape index (κ2) is 5.34. The number of quaternary nitrogens is 1. The number of rotatable bonds is 3. The SMILES string of the molecule is C/C=C\C(=C/[NH2+]N)OC. The minimum atomic E-state index is 0.764. The first-order chi connectivity index (χ1) is 4.35. The summed E-state index contributed by atoms with van der Waals surface area (Å²) in [5, 5.41) is 0. The molecule has 0 amide bonds. The molecule has 52 valence electrons. The average molecular weight is 129 g/mol. The predicted molar refractivity (Wildman–Crippen MR) is 36.0 cm³/mol. The highest BCUT2D eigenvalue weighted by Gasteiger charge is 1.86. The topological polar surface area (TPSA) is 51.9 Å². The Kier molecular flexibility index (Phi) is 4.86. The number of hydrogen-bond donors (Lipinski definition) is 2. The minimum Gasteiger partial charge on any atom is -0.491 e. The lowest BCUT2D eigenvalue weighted by Gasteiger charge is -1.94. The molecule has 0 aliphatic carbocycles. The summed E-state index contributed by atoms with van der Waals surface area (Å²) in [7, 11) is 1.61. The van der Waals surface area contributed by atoms with Gasteiger partial charge in [0, 0.05) is 0 Å². The van der Waals surface area contributed by atoms with Gasteiger partial charge in [-0.15, -0.1) is 0 Å². The van der Waals surface area contributed by atoms with Gasteiger partial charge in [-0.2, -0.15) is 5.84 Å². The van der Waals surface area contributed by atoms with E-state index in [0.29, 0.717) is 0 Å². The van der Waals surface area contributed by atoms with E-state index in [4.69, 9.17) is 10.6 Å². The molecule has 0 bridgehead atoms. The van der Waals surface area contributed by atoms with Crippen LogP contribution in [0.5, 0.6) is 0 Å². The monoisotopic (exact) mass is 129 g/mol. The molecule has 0 aromatic rings. The molecule has 0 aliphatic rings. The average Bonchev–Trinajstić information content (AvgIpc) is 1.88. The number of allylic oxidation sites excluding steroid dienone is 2. The standard InChI is InChI=1S/C6H12N2O/c1-3-4-6(9-2)5-8-7/h3-5,8H,7H2,1-2H3/p+1/b4-3-,6-5+. The largest absolute Gasteiger partial charge is 0.491 e. The second-order valence-corrected chi connectivity index (χ2v) is 1.47. The molecule has 0 aromatic carbocycles. The van der Waals surface area contributed by atoms with Crippen LogP contribution in [-0.4, -0.2) is 7.11 Å². The molecule has 0 unspecified atom stereocenters. The van der Waals surface area contributed by atoms with E-state index in [1.807, 2.05) is 19.1 Å². The fourth-order valence-electron chi connectivity index (χ4n) is 0.451. The quantitative estimate of drug-likeness (QED) is 0.233. The summed E-state index contributed by atoms with van der Waals surface area (Å²) in [5.74, 6) is 5.88. The van der Waals surface area contributed by atoms with E-state index >= 15 is 0 Å². The van der Waals surface area contributed by atoms with E-state index in [1.54, 1.807) is 13.3 Å². The molecule has 0 saturated heterocycles. The van der Waals surface area contributed by atoms with E-state index in [0.717, 1.165) is 5.76 Å². The van der Waals surface area contributed by atoms with Crippen LogP contribution in [0.1, 0.15) is 6.92 Å². The zero-order valence-corrected chi connectivity index (χ0v) is 5.79. The van der Waals surface area contributed by atoms with Gasteiger partial charge in [0.1, 0.15) is 0 Å². The molecule has 0 atom stereocenters. The molecule has 0 saturated carbocycles. The van der Waals surface area contributed by atoms with Crippen molar-refractivity contribution in [3.63, 3.8) is 0 Å². The molecule has 0 rings (SSSR count). The van der Waals surface area contributed by atoms with Crippen LogP contribution in [0.2, 0.25) is 0 Å². The van der Waals surface area contributed by atoms with Gasteiger partial charge in [0.15, 0.2) is 12.0 Å². The Morgan fingerprint density at radius 3 is 2.67 bits per heavy atom. The Morgan fingerprint density at radius 1 is 1.67 bits per heavy atom. The summed E-state index contributed by atoms with van der Waals surface area (Å²) in [6, 6.07) is 0. The number of hydrogen-bond acceptors (Lipinski definition) is 2. The van der Waals surface area contributed by atoms with Gasteiger partial charge in [-0.1, -0.05) is 6.08 Å². The molecule has 0 spiro atoms. The van der Waals surface area contributed by atoms with Crippen LogP contribution in [0.4, 0.5) is 0 Å². The van der Waals surface area contributed by atoms with Crippen LogP contribution >= 0.6 is 0 Å². The number of nitrogens with two attached hydrogens (primary N) is 2. The Hall–Kier alpha value is -0.800. The van der Waals surface area contributed by atoms with Crippen molar-refractivity contribution in [3.8, 4) is 0 Å². The van der Waals surface area contributed by atoms with Crippen molar-refractivity contribution >= 4 is 0 Å². The van der Waals surface area contributed by atoms with Gasteiger partial charge >= 0.3 is 0 Å². The third-order valence-corrected chi connectivity index (χ3v) is 0.827. The Bertz CT molecular complexity index is 118. The van der Waals surface area contributed by atoms with Crippen molar-refractivity contribution in [2.24, 2.45) is 5.84 Å². The lowest BCUT2D eigenvalue weighted by Crippen LogP contribution is -2.85. The summed E-state index contributed by atoms with van der Waals surface area (Å²) in [6.45, 7) is 1.92. The van der Waals surface area contributed by atoms with Crippen molar-refractivity contribution in [1.29, 1.82) is 0 Å². The van der Waals surface area contributed by atoms with Gasteiger partial charge in [-0.05, 0) is 13.0 Å². The molecule has 3 nitrogen and oxygen atoms in total. The summed E-state index contributed by atoms with van der Waals surface area (Å²) in [5.41, 5.74) is 1.44. The maximum absolute atomic E-state index is 5.12. The summed E-state index contributed by atoms with van der Waals surface area (Å²) >= 11 is 0. The van der Waals surface area contributed by atoms with Crippen molar-refractivity contribution in [2.75, 3.05) is 7.11 Å². The molecule has 0 heterocycles. The minimum absolute atomic E-state index is 0.764. The smallest absolute Gasteiger partial charge is 0.173 e. The van der Waals surface area contributed by atoms with Crippen LogP contribution in [0.15, 0.2) is 24.1 Å². The van der Waals surface area contributed by atoms with Gasteiger partial charge in [0.2, 0.25) is 0 Å². The molecule has 9 heavy (non-hydrogen) atoms. The van der Waals surface area contributed by atoms with E-state index in [2.05, 4.69) is 0 Å². The van der Waals surface area contributed by atoms with Gasteiger partial charge in [-0.3, -0.25) is 0 Å². The first-order valence-electron chi connectivity index (χ1n) is 2.77. The first kappa shape index (κ1) is 8.20. The van der Waals surface area contributed by atoms with Crippen molar-refractivity contribution in [1.82, 2.24) is 0 Å². The lowest BCUT2D eigenvalue weighted by molar-refractivity contribution is -0.602. The Balaban J connectivity index is 3.81. The van der Waals surface area contributed by atoms with Crippen molar-refractivity contribution < 1.29 is 10.2 Å². The fourth-order valence-corrected chi connectivity index (χ4v) is 0.451. The maximum Gasteiger partial charge on any atom is 0.173 e. The van der Waals surface area contributed by atoms with Gasteiger partial charge in [-0.25, -0.2) is 5.43 Å². The molecular weight excluding hydrogens is 116 g/mol. The highest BCUT2D eigenvalue weighted by molar-refractivity contribution is 5.07. The predicted octanol–water partition coefficient (Wildman–Crippen LogP) is -0.513. The third kappa shape index (κ3) is 3.76. The van der Waals surface area contributed by atoms with Gasteiger partial charge in [0.05, 0.1) is 7.11 Å². The van der Waals surface area contributed by atoms with Crippen LogP contribution < -0.4 is 11.3 Å². The van der Waals surface area contributed by atoms with Crippen molar-refractivity contribution in [3.05, 3.63) is 24.1 Å². The molecule has 3 heteroatoms. The van der Waals surface area contributed by atoms with E-state index in [-0.39, 0.29) is 0 Å². The van der Waals surface area contributed by atoms with Gasteiger partial charge < -0.3 is 4.74 Å². The molecule has 0 fully saturated rings. The zero-order chi connectivity index (χ0) is 7.11. The summed E-state index contributed by atoms with van der Waals surface area (Å²) in [4.78, 5) is 0. The Morgan fingerprint density at radius 2 is 2.33 bits per heavy atom. The van der Waals surface area contributed by atoms with Gasteiger partial charge in [0.25, 0.3) is 0 Å². The number of methoxy groups -OCH3 is 1. The molecule has 0 aliphatic heterocycles. The van der Waals surface area contributed by atoms with Crippen LogP contribution in [-0.2, 0) is 4.74 Å². The molecule has 0 aromatic heterocycles. The normalized spacial score (nSPS) is 12.6. The van der Waals surface area contributed by atoms with E-state index in [9.17, 15) is 0 Å². The zero-order valence-electron chi connectivity index (χ0n) is 5.79. The van der Waals surface area contributed by atoms with Crippen LogP contribution in [0.25, 0.3) is 0 Å². The maximum atomic E-state index is 5.12.